The first-order valence-electron chi connectivity index (χ1n) is 8.89. The first-order valence-corrected chi connectivity index (χ1v) is 10.5. The SMILES string of the molecule is CN(C)Cc1ccc([C@@H]2CCCN2C(=O)NCCS(=O)(=O)N(C)C)cc1. The van der Waals surface area contributed by atoms with Crippen LogP contribution in [0.5, 0.6) is 0 Å². The van der Waals surface area contributed by atoms with Gasteiger partial charge in [0.25, 0.3) is 0 Å². The number of amides is 2. The number of carbonyl (C=O) groups excluding carboxylic acids is 1. The van der Waals surface area contributed by atoms with Crippen LogP contribution in [-0.4, -0.2) is 75.6 Å². The lowest BCUT2D eigenvalue weighted by Gasteiger charge is -2.26. The van der Waals surface area contributed by atoms with E-state index in [1.165, 1.54) is 24.0 Å². The van der Waals surface area contributed by atoms with Crippen LogP contribution in [0, 0.1) is 0 Å². The van der Waals surface area contributed by atoms with Crippen LogP contribution in [0.15, 0.2) is 24.3 Å². The lowest BCUT2D eigenvalue weighted by Crippen LogP contribution is -2.42. The number of sulfonamides is 1. The van der Waals surface area contributed by atoms with E-state index in [2.05, 4.69) is 34.5 Å². The molecule has 1 N–H and O–H groups in total. The van der Waals surface area contributed by atoms with Crippen molar-refractivity contribution in [2.75, 3.05) is 47.0 Å². The van der Waals surface area contributed by atoms with E-state index in [0.717, 1.165) is 24.9 Å². The summed E-state index contributed by atoms with van der Waals surface area (Å²) < 4.78 is 24.7. The van der Waals surface area contributed by atoms with Crippen LogP contribution in [0.3, 0.4) is 0 Å². The van der Waals surface area contributed by atoms with Crippen molar-refractivity contribution in [1.29, 1.82) is 0 Å². The van der Waals surface area contributed by atoms with Crippen molar-refractivity contribution in [3.63, 3.8) is 0 Å². The summed E-state index contributed by atoms with van der Waals surface area (Å²) in [5.74, 6) is -0.0938. The molecule has 0 saturated carbocycles. The second-order valence-corrected chi connectivity index (χ2v) is 9.46. The Bertz CT molecular complexity index is 702. The lowest BCUT2D eigenvalue weighted by molar-refractivity contribution is 0.193. The molecule has 8 heteroatoms. The zero-order valence-electron chi connectivity index (χ0n) is 16.1. The molecule has 0 spiro atoms. The molecule has 7 nitrogen and oxygen atoms in total. The van der Waals surface area contributed by atoms with Crippen LogP contribution in [0.2, 0.25) is 0 Å². The highest BCUT2D eigenvalue weighted by molar-refractivity contribution is 7.89. The molecule has 0 bridgehead atoms. The van der Waals surface area contributed by atoms with Crippen molar-refractivity contribution in [3.8, 4) is 0 Å². The van der Waals surface area contributed by atoms with Crippen LogP contribution in [0.4, 0.5) is 4.79 Å². The van der Waals surface area contributed by atoms with Gasteiger partial charge in [-0.2, -0.15) is 0 Å². The quantitative estimate of drug-likeness (QED) is 0.775. The van der Waals surface area contributed by atoms with Crippen molar-refractivity contribution >= 4 is 16.1 Å². The summed E-state index contributed by atoms with van der Waals surface area (Å²) in [7, 11) is 3.76. The van der Waals surface area contributed by atoms with Crippen molar-refractivity contribution in [2.24, 2.45) is 0 Å². The van der Waals surface area contributed by atoms with Crippen LogP contribution < -0.4 is 5.32 Å². The Morgan fingerprint density at radius 2 is 1.85 bits per heavy atom. The second-order valence-electron chi connectivity index (χ2n) is 7.16. The lowest BCUT2D eigenvalue weighted by atomic mass is 10.0. The zero-order valence-corrected chi connectivity index (χ0v) is 16.9. The molecule has 2 amide bonds. The number of carbonyl (C=O) groups is 1. The number of hydrogen-bond acceptors (Lipinski definition) is 4. The average molecular weight is 383 g/mol. The van der Waals surface area contributed by atoms with E-state index >= 15 is 0 Å². The molecule has 1 heterocycles. The van der Waals surface area contributed by atoms with Gasteiger partial charge in [-0.05, 0) is 38.1 Å². The van der Waals surface area contributed by atoms with Gasteiger partial charge in [0.05, 0.1) is 11.8 Å². The fourth-order valence-corrected chi connectivity index (χ4v) is 3.86. The molecule has 0 unspecified atom stereocenters. The van der Waals surface area contributed by atoms with Gasteiger partial charge in [-0.1, -0.05) is 24.3 Å². The van der Waals surface area contributed by atoms with Crippen LogP contribution >= 0.6 is 0 Å². The Labute approximate surface area is 157 Å². The molecule has 1 aromatic carbocycles. The van der Waals surface area contributed by atoms with Gasteiger partial charge in [-0.25, -0.2) is 17.5 Å². The summed E-state index contributed by atoms with van der Waals surface area (Å²) in [4.78, 5) is 16.4. The predicted molar refractivity (Wildman–Crippen MR) is 103 cm³/mol. The van der Waals surface area contributed by atoms with Crippen LogP contribution in [0.1, 0.15) is 30.0 Å². The van der Waals surface area contributed by atoms with Crippen molar-refractivity contribution < 1.29 is 13.2 Å². The normalized spacial score (nSPS) is 17.9. The summed E-state index contributed by atoms with van der Waals surface area (Å²) in [6.45, 7) is 1.69. The Kier molecular flexibility index (Phi) is 7.02. The first kappa shape index (κ1) is 20.7. The summed E-state index contributed by atoms with van der Waals surface area (Å²) in [6, 6.07) is 8.24. The summed E-state index contributed by atoms with van der Waals surface area (Å²) in [5, 5.41) is 2.75. The highest BCUT2D eigenvalue weighted by atomic mass is 32.2. The maximum Gasteiger partial charge on any atom is 0.317 e. The van der Waals surface area contributed by atoms with E-state index in [4.69, 9.17) is 0 Å². The van der Waals surface area contributed by atoms with E-state index in [9.17, 15) is 13.2 Å². The molecule has 1 fully saturated rings. The molecule has 146 valence electrons. The number of urea groups is 1. The summed E-state index contributed by atoms with van der Waals surface area (Å²) in [5.41, 5.74) is 2.36. The van der Waals surface area contributed by atoms with Gasteiger partial charge in [0.2, 0.25) is 10.0 Å². The minimum absolute atomic E-state index is 0.0499. The van der Waals surface area contributed by atoms with E-state index in [0.29, 0.717) is 6.54 Å². The minimum Gasteiger partial charge on any atom is -0.337 e. The number of hydrogen-bond donors (Lipinski definition) is 1. The highest BCUT2D eigenvalue weighted by Gasteiger charge is 2.30. The standard InChI is InChI=1S/C18H30N4O3S/c1-20(2)14-15-7-9-16(10-8-15)17-6-5-12-22(17)18(23)19-11-13-26(24,25)21(3)4/h7-10,17H,5-6,11-14H2,1-4H3,(H,19,23)/t17-/m0/s1. The molecule has 0 aliphatic carbocycles. The fraction of sp³-hybridized carbons (Fsp3) is 0.611. The van der Waals surface area contributed by atoms with Gasteiger partial charge in [-0.3, -0.25) is 0 Å². The summed E-state index contributed by atoms with van der Waals surface area (Å²) >= 11 is 0. The van der Waals surface area contributed by atoms with Gasteiger partial charge < -0.3 is 15.1 Å². The Morgan fingerprint density at radius 3 is 2.42 bits per heavy atom. The molecule has 0 radical (unpaired) electrons. The van der Waals surface area contributed by atoms with Crippen LogP contribution in [-0.2, 0) is 16.6 Å². The van der Waals surface area contributed by atoms with Gasteiger partial charge in [-0.15, -0.1) is 0 Å². The first-order chi connectivity index (χ1) is 12.2. The van der Waals surface area contributed by atoms with Crippen molar-refractivity contribution in [2.45, 2.75) is 25.4 Å². The largest absolute Gasteiger partial charge is 0.337 e. The Morgan fingerprint density at radius 1 is 1.19 bits per heavy atom. The Hall–Kier alpha value is -1.64. The topological polar surface area (TPSA) is 73.0 Å². The van der Waals surface area contributed by atoms with E-state index < -0.39 is 10.0 Å². The molecule has 1 aromatic rings. The summed E-state index contributed by atoms with van der Waals surface area (Å²) in [6.07, 6.45) is 1.88. The molecular weight excluding hydrogens is 352 g/mol. The molecule has 0 aromatic heterocycles. The number of likely N-dealkylation sites (tertiary alicyclic amines) is 1. The molecule has 1 atom stereocenters. The molecular formula is C18H30N4O3S. The highest BCUT2D eigenvalue weighted by Crippen LogP contribution is 2.32. The zero-order chi connectivity index (χ0) is 19.3. The molecule has 1 aliphatic heterocycles. The molecule has 1 aliphatic rings. The fourth-order valence-electron chi connectivity index (χ4n) is 3.14. The second kappa shape index (κ2) is 8.83. The third kappa shape index (κ3) is 5.43. The number of nitrogens with one attached hydrogen (secondary N) is 1. The van der Waals surface area contributed by atoms with Crippen LogP contribution in [0.25, 0.3) is 0 Å². The smallest absolute Gasteiger partial charge is 0.317 e. The van der Waals surface area contributed by atoms with Gasteiger partial charge >= 0.3 is 6.03 Å². The third-order valence-electron chi connectivity index (χ3n) is 4.57. The maximum absolute atomic E-state index is 12.5. The van der Waals surface area contributed by atoms with Crippen molar-refractivity contribution in [1.82, 2.24) is 19.4 Å². The molecule has 2 rings (SSSR count). The van der Waals surface area contributed by atoms with E-state index in [1.54, 1.807) is 0 Å². The van der Waals surface area contributed by atoms with E-state index in [1.807, 2.05) is 19.0 Å². The molecule has 26 heavy (non-hydrogen) atoms. The van der Waals surface area contributed by atoms with Gasteiger partial charge in [0.1, 0.15) is 0 Å². The number of nitrogens with zero attached hydrogens (tertiary/aromatic N) is 3. The van der Waals surface area contributed by atoms with E-state index in [-0.39, 0.29) is 24.4 Å². The number of benzene rings is 1. The Balaban J connectivity index is 1.95. The predicted octanol–water partition coefficient (Wildman–Crippen LogP) is 1.49. The monoisotopic (exact) mass is 382 g/mol. The maximum atomic E-state index is 12.5. The van der Waals surface area contributed by atoms with Gasteiger partial charge in [0.15, 0.2) is 0 Å². The minimum atomic E-state index is -3.30. The van der Waals surface area contributed by atoms with Crippen molar-refractivity contribution in [3.05, 3.63) is 35.4 Å². The van der Waals surface area contributed by atoms with Gasteiger partial charge in [0, 0.05) is 33.7 Å². The molecule has 1 saturated heterocycles. The third-order valence-corrected chi connectivity index (χ3v) is 6.40. The number of rotatable bonds is 7. The average Bonchev–Trinajstić information content (AvgIpc) is 3.04.